The SMILES string of the molecule is CC(=O)N(O)C(C)C1CC1c1ccc(C)cc1. The van der Waals surface area contributed by atoms with E-state index in [1.165, 1.54) is 18.1 Å². The monoisotopic (exact) mass is 233 g/mol. The van der Waals surface area contributed by atoms with E-state index in [1.54, 1.807) is 0 Å². The predicted molar refractivity (Wildman–Crippen MR) is 65.8 cm³/mol. The largest absolute Gasteiger partial charge is 0.286 e. The summed E-state index contributed by atoms with van der Waals surface area (Å²) in [4.78, 5) is 11.1. The van der Waals surface area contributed by atoms with E-state index in [0.717, 1.165) is 11.5 Å². The fourth-order valence-corrected chi connectivity index (χ4v) is 2.41. The van der Waals surface area contributed by atoms with Crippen LogP contribution in [0, 0.1) is 12.8 Å². The van der Waals surface area contributed by atoms with E-state index in [2.05, 4.69) is 31.2 Å². The second-order valence-electron chi connectivity index (χ2n) is 5.02. The Hall–Kier alpha value is -1.35. The van der Waals surface area contributed by atoms with Gasteiger partial charge in [0.2, 0.25) is 5.91 Å². The molecule has 0 heterocycles. The van der Waals surface area contributed by atoms with Gasteiger partial charge in [-0.15, -0.1) is 0 Å². The number of carbonyl (C=O) groups is 1. The zero-order valence-electron chi connectivity index (χ0n) is 10.6. The Morgan fingerprint density at radius 3 is 2.53 bits per heavy atom. The number of aryl methyl sites for hydroxylation is 1. The lowest BCUT2D eigenvalue weighted by molar-refractivity contribution is -0.173. The topological polar surface area (TPSA) is 40.5 Å². The summed E-state index contributed by atoms with van der Waals surface area (Å²) in [5, 5.41) is 10.5. The van der Waals surface area contributed by atoms with E-state index < -0.39 is 0 Å². The van der Waals surface area contributed by atoms with Gasteiger partial charge in [0.1, 0.15) is 0 Å². The normalized spacial score (nSPS) is 24.2. The summed E-state index contributed by atoms with van der Waals surface area (Å²) in [6.45, 7) is 5.36. The van der Waals surface area contributed by atoms with Gasteiger partial charge in [-0.05, 0) is 37.7 Å². The lowest BCUT2D eigenvalue weighted by Gasteiger charge is -2.21. The molecule has 1 aromatic rings. The lowest BCUT2D eigenvalue weighted by Crippen LogP contribution is -2.35. The maximum absolute atomic E-state index is 11.1. The van der Waals surface area contributed by atoms with E-state index in [-0.39, 0.29) is 11.9 Å². The van der Waals surface area contributed by atoms with Crippen molar-refractivity contribution in [1.29, 1.82) is 0 Å². The highest BCUT2D eigenvalue weighted by molar-refractivity contribution is 5.72. The summed E-state index contributed by atoms with van der Waals surface area (Å²) in [6, 6.07) is 8.40. The van der Waals surface area contributed by atoms with Crippen molar-refractivity contribution in [3.63, 3.8) is 0 Å². The van der Waals surface area contributed by atoms with Crippen LogP contribution in [-0.4, -0.2) is 22.2 Å². The molecule has 1 N–H and O–H groups in total. The molecule has 92 valence electrons. The number of benzene rings is 1. The fraction of sp³-hybridized carbons (Fsp3) is 0.500. The highest BCUT2D eigenvalue weighted by Gasteiger charge is 2.44. The number of rotatable bonds is 3. The first-order valence-electron chi connectivity index (χ1n) is 6.06. The van der Waals surface area contributed by atoms with Crippen LogP contribution in [0.15, 0.2) is 24.3 Å². The van der Waals surface area contributed by atoms with Gasteiger partial charge in [0.15, 0.2) is 0 Å². The van der Waals surface area contributed by atoms with Gasteiger partial charge in [0.05, 0.1) is 6.04 Å². The molecule has 0 aromatic heterocycles. The maximum Gasteiger partial charge on any atom is 0.243 e. The summed E-state index contributed by atoms with van der Waals surface area (Å²) < 4.78 is 0. The zero-order chi connectivity index (χ0) is 12.6. The Morgan fingerprint density at radius 1 is 1.41 bits per heavy atom. The number of nitrogens with zero attached hydrogens (tertiary/aromatic N) is 1. The van der Waals surface area contributed by atoms with Gasteiger partial charge < -0.3 is 0 Å². The molecule has 1 saturated carbocycles. The van der Waals surface area contributed by atoms with Crippen molar-refractivity contribution < 1.29 is 10.0 Å². The van der Waals surface area contributed by atoms with Crippen LogP contribution < -0.4 is 0 Å². The molecule has 1 aromatic carbocycles. The Labute approximate surface area is 102 Å². The molecule has 0 radical (unpaired) electrons. The van der Waals surface area contributed by atoms with Crippen LogP contribution >= 0.6 is 0 Å². The van der Waals surface area contributed by atoms with Crippen molar-refractivity contribution in [3.05, 3.63) is 35.4 Å². The Kier molecular flexibility index (Phi) is 3.20. The third-order valence-electron chi connectivity index (χ3n) is 3.67. The average Bonchev–Trinajstić information content (AvgIpc) is 3.08. The van der Waals surface area contributed by atoms with Crippen LogP contribution in [0.4, 0.5) is 0 Å². The Morgan fingerprint density at radius 2 is 2.00 bits per heavy atom. The fourth-order valence-electron chi connectivity index (χ4n) is 2.41. The van der Waals surface area contributed by atoms with Crippen LogP contribution in [0.5, 0.6) is 0 Å². The molecule has 17 heavy (non-hydrogen) atoms. The minimum absolute atomic E-state index is 0.0983. The summed E-state index contributed by atoms with van der Waals surface area (Å²) in [6.07, 6.45) is 1.05. The summed E-state index contributed by atoms with van der Waals surface area (Å²) in [5.41, 5.74) is 2.57. The first-order valence-corrected chi connectivity index (χ1v) is 6.06. The van der Waals surface area contributed by atoms with Gasteiger partial charge in [-0.25, -0.2) is 5.06 Å². The molecular formula is C14H19NO2. The Balaban J connectivity index is 2.00. The van der Waals surface area contributed by atoms with E-state index in [0.29, 0.717) is 11.8 Å². The van der Waals surface area contributed by atoms with E-state index >= 15 is 0 Å². The minimum atomic E-state index is -0.285. The van der Waals surface area contributed by atoms with Crippen molar-refractivity contribution in [2.24, 2.45) is 5.92 Å². The standard InChI is InChI=1S/C14H19NO2/c1-9-4-6-12(7-5-9)14-8-13(14)10(2)15(17)11(3)16/h4-7,10,13-14,17H,8H2,1-3H3. The third-order valence-corrected chi connectivity index (χ3v) is 3.67. The summed E-state index contributed by atoms with van der Waals surface area (Å²) in [5.74, 6) is 0.582. The number of amides is 1. The average molecular weight is 233 g/mol. The van der Waals surface area contributed by atoms with Crippen LogP contribution in [0.25, 0.3) is 0 Å². The van der Waals surface area contributed by atoms with Crippen LogP contribution in [0.3, 0.4) is 0 Å². The van der Waals surface area contributed by atoms with Crippen LogP contribution in [-0.2, 0) is 4.79 Å². The van der Waals surface area contributed by atoms with E-state index in [9.17, 15) is 10.0 Å². The van der Waals surface area contributed by atoms with Gasteiger partial charge in [0, 0.05) is 6.92 Å². The molecule has 1 amide bonds. The molecule has 1 fully saturated rings. The molecule has 3 heteroatoms. The smallest absolute Gasteiger partial charge is 0.243 e. The van der Waals surface area contributed by atoms with Gasteiger partial charge in [0.25, 0.3) is 0 Å². The molecular weight excluding hydrogens is 214 g/mol. The molecule has 1 aliphatic rings. The molecule has 0 saturated heterocycles. The summed E-state index contributed by atoms with van der Waals surface area (Å²) >= 11 is 0. The maximum atomic E-state index is 11.1. The van der Waals surface area contributed by atoms with E-state index in [4.69, 9.17) is 0 Å². The number of hydrogen-bond acceptors (Lipinski definition) is 2. The predicted octanol–water partition coefficient (Wildman–Crippen LogP) is 2.72. The molecule has 3 unspecified atom stereocenters. The van der Waals surface area contributed by atoms with Crippen molar-refractivity contribution in [2.45, 2.75) is 39.2 Å². The Bertz CT molecular complexity index is 413. The number of hydrogen-bond donors (Lipinski definition) is 1. The van der Waals surface area contributed by atoms with Crippen LogP contribution in [0.2, 0.25) is 0 Å². The van der Waals surface area contributed by atoms with Gasteiger partial charge in [-0.2, -0.15) is 0 Å². The minimum Gasteiger partial charge on any atom is -0.286 e. The first kappa shape index (κ1) is 12.1. The first-order chi connectivity index (χ1) is 8.00. The van der Waals surface area contributed by atoms with Gasteiger partial charge >= 0.3 is 0 Å². The number of hydroxylamine groups is 2. The second-order valence-corrected chi connectivity index (χ2v) is 5.02. The van der Waals surface area contributed by atoms with Crippen LogP contribution in [0.1, 0.15) is 37.3 Å². The lowest BCUT2D eigenvalue weighted by atomic mass is 10.0. The van der Waals surface area contributed by atoms with Crippen molar-refractivity contribution in [1.82, 2.24) is 5.06 Å². The van der Waals surface area contributed by atoms with Crippen molar-refractivity contribution in [2.75, 3.05) is 0 Å². The molecule has 3 nitrogen and oxygen atoms in total. The van der Waals surface area contributed by atoms with Crippen molar-refractivity contribution >= 4 is 5.91 Å². The molecule has 2 rings (SSSR count). The molecule has 0 spiro atoms. The van der Waals surface area contributed by atoms with E-state index in [1.807, 2.05) is 6.92 Å². The highest BCUT2D eigenvalue weighted by Crippen LogP contribution is 2.50. The van der Waals surface area contributed by atoms with Gasteiger partial charge in [-0.3, -0.25) is 10.0 Å². The number of carbonyl (C=O) groups excluding carboxylic acids is 1. The molecule has 0 aliphatic heterocycles. The molecule has 3 atom stereocenters. The van der Waals surface area contributed by atoms with Crippen molar-refractivity contribution in [3.8, 4) is 0 Å². The molecule has 1 aliphatic carbocycles. The third kappa shape index (κ3) is 2.50. The van der Waals surface area contributed by atoms with Gasteiger partial charge in [-0.1, -0.05) is 29.8 Å². The quantitative estimate of drug-likeness (QED) is 0.644. The summed E-state index contributed by atoms with van der Waals surface area (Å²) in [7, 11) is 0. The molecule has 0 bridgehead atoms. The highest BCUT2D eigenvalue weighted by atomic mass is 16.5. The zero-order valence-corrected chi connectivity index (χ0v) is 10.6. The second kappa shape index (κ2) is 4.49.